The Morgan fingerprint density at radius 2 is 0.317 bits per heavy atom. The fraction of sp³-hybridized carbons (Fsp3) is 1.00. The van der Waals surface area contributed by atoms with E-state index in [1.54, 1.807) is 0 Å². The van der Waals surface area contributed by atoms with Crippen LogP contribution in [-0.2, 0) is 27.7 Å². The van der Waals surface area contributed by atoms with E-state index in [2.05, 4.69) is 20.8 Å². The van der Waals surface area contributed by atoms with Crippen molar-refractivity contribution in [3.05, 3.63) is 0 Å². The van der Waals surface area contributed by atoms with Crippen molar-refractivity contribution in [3.63, 3.8) is 0 Å². The predicted molar refractivity (Wildman–Crippen MR) is 277 cm³/mol. The molecule has 0 radical (unpaired) electrons. The molecule has 0 aromatic carbocycles. The monoisotopic (exact) mass is 889 g/mol. The van der Waals surface area contributed by atoms with Crippen molar-refractivity contribution in [1.29, 1.82) is 0 Å². The van der Waals surface area contributed by atoms with Gasteiger partial charge in [0, 0.05) is 19.8 Å². The van der Waals surface area contributed by atoms with Crippen molar-refractivity contribution in [2.24, 2.45) is 0 Å². The highest BCUT2D eigenvalue weighted by Gasteiger charge is 2.46. The van der Waals surface area contributed by atoms with Crippen LogP contribution in [0.25, 0.3) is 0 Å². The zero-order chi connectivity index (χ0) is 45.0. The Morgan fingerprint density at radius 1 is 0.190 bits per heavy atom. The van der Waals surface area contributed by atoms with E-state index in [4.69, 9.17) is 27.7 Å². The molecule has 9 heteroatoms. The Kier molecular flexibility index (Phi) is 51.2. The molecular weight excluding hydrogens is 777 g/mol. The molecule has 1 fully saturated rings. The molecule has 0 aromatic heterocycles. The van der Waals surface area contributed by atoms with Gasteiger partial charge in [0.1, 0.15) is 0 Å². The summed E-state index contributed by atoms with van der Waals surface area (Å²) in [4.78, 5) is 0. The number of rotatable bonds is 54. The normalized spacial score (nSPS) is 13.3. The van der Waals surface area contributed by atoms with Gasteiger partial charge >= 0.3 is 22.0 Å². The molecule has 0 atom stereocenters. The maximum Gasteiger partial charge on any atom is 0.615 e. The second kappa shape index (κ2) is 52.9. The Bertz CT molecular complexity index is 733. The first-order valence-electron chi connectivity index (χ1n) is 29.1. The van der Waals surface area contributed by atoms with E-state index in [0.29, 0.717) is 19.8 Å². The summed E-state index contributed by atoms with van der Waals surface area (Å²) < 4.78 is 36.0. The molecule has 1 aliphatic rings. The molecule has 0 bridgehead atoms. The summed E-state index contributed by atoms with van der Waals surface area (Å²) in [6.45, 7) is 8.73. The summed E-state index contributed by atoms with van der Waals surface area (Å²) in [5, 5.41) is 0. The molecule has 0 aromatic rings. The summed E-state index contributed by atoms with van der Waals surface area (Å²) in [5.74, 6) is 0. The van der Waals surface area contributed by atoms with Crippen LogP contribution < -0.4 is 0 Å². The van der Waals surface area contributed by atoms with Gasteiger partial charge in [-0.25, -0.2) is 0 Å². The number of hydrogen-bond acceptors (Lipinski definition) is 6. The van der Waals surface area contributed by atoms with E-state index in [0.717, 1.165) is 19.3 Å². The van der Waals surface area contributed by atoms with Crippen LogP contribution in [0.3, 0.4) is 0 Å². The lowest BCUT2D eigenvalue weighted by molar-refractivity contribution is 0.0647. The molecular formula is C54H111B3O6. The molecule has 1 rings (SSSR count). The zero-order valence-electron chi connectivity index (χ0n) is 43.2. The molecule has 0 saturated carbocycles. The second-order valence-corrected chi connectivity index (χ2v) is 19.8. The molecule has 0 N–H and O–H groups in total. The van der Waals surface area contributed by atoms with E-state index in [-0.39, 0.29) is 0 Å². The molecule has 63 heavy (non-hydrogen) atoms. The molecule has 372 valence electrons. The lowest BCUT2D eigenvalue weighted by atomic mass is 9.96. The number of unbranched alkanes of at least 4 members (excludes halogenated alkanes) is 45. The minimum atomic E-state index is -0.818. The van der Waals surface area contributed by atoms with Gasteiger partial charge in [-0.05, 0) is 19.3 Å². The van der Waals surface area contributed by atoms with E-state index >= 15 is 0 Å². The fourth-order valence-corrected chi connectivity index (χ4v) is 9.09. The first kappa shape index (κ1) is 61.0. The average molecular weight is 889 g/mol. The van der Waals surface area contributed by atoms with Crippen LogP contribution in [0.4, 0.5) is 0 Å². The molecule has 1 heterocycles. The summed E-state index contributed by atoms with van der Waals surface area (Å²) in [7, 11) is -2.45. The standard InChI is InChI=1S/C54H111B3O6/c1-4-7-10-13-16-19-22-25-28-31-34-37-40-43-46-49-52-58-55-61-56(59-53-50-47-44-41-38-35-32-29-26-23-20-17-14-11-8-5-2)63-57(62-55)60-54-51-48-45-42-39-36-33-30-27-24-21-18-15-12-9-6-3/h4-54H2,1-3H3. The van der Waals surface area contributed by atoms with Crippen LogP contribution in [0.15, 0.2) is 0 Å². The quantitative estimate of drug-likeness (QED) is 0.0448. The molecule has 0 unspecified atom stereocenters. The molecule has 0 spiro atoms. The third kappa shape index (κ3) is 46.8. The van der Waals surface area contributed by atoms with E-state index < -0.39 is 22.0 Å². The Hall–Kier alpha value is -0.0452. The second-order valence-electron chi connectivity index (χ2n) is 19.8. The summed E-state index contributed by atoms with van der Waals surface area (Å²) in [6.07, 6.45) is 65.2. The van der Waals surface area contributed by atoms with Gasteiger partial charge in [-0.2, -0.15) is 0 Å². The van der Waals surface area contributed by atoms with Gasteiger partial charge in [-0.15, -0.1) is 0 Å². The fourth-order valence-electron chi connectivity index (χ4n) is 9.09. The highest BCUT2D eigenvalue weighted by atomic mass is 16.9. The van der Waals surface area contributed by atoms with Crippen LogP contribution in [0.5, 0.6) is 0 Å². The predicted octanol–water partition coefficient (Wildman–Crippen LogP) is 18.8. The van der Waals surface area contributed by atoms with Crippen LogP contribution >= 0.6 is 0 Å². The van der Waals surface area contributed by atoms with Gasteiger partial charge in [-0.3, -0.25) is 0 Å². The smallest absolute Gasteiger partial charge is 0.400 e. The van der Waals surface area contributed by atoms with E-state index in [1.165, 1.54) is 289 Å². The molecule has 0 amide bonds. The summed E-state index contributed by atoms with van der Waals surface area (Å²) in [6, 6.07) is 0. The van der Waals surface area contributed by atoms with Crippen LogP contribution in [0.1, 0.15) is 329 Å². The summed E-state index contributed by atoms with van der Waals surface area (Å²) >= 11 is 0. The third-order valence-corrected chi connectivity index (χ3v) is 13.4. The highest BCUT2D eigenvalue weighted by molar-refractivity contribution is 6.66. The topological polar surface area (TPSA) is 55.4 Å². The van der Waals surface area contributed by atoms with Crippen molar-refractivity contribution >= 4 is 22.0 Å². The lowest BCUT2D eigenvalue weighted by Crippen LogP contribution is -2.53. The Labute approximate surface area is 397 Å². The van der Waals surface area contributed by atoms with Crippen LogP contribution in [0, 0.1) is 0 Å². The van der Waals surface area contributed by atoms with Gasteiger partial charge in [0.2, 0.25) is 0 Å². The zero-order valence-corrected chi connectivity index (χ0v) is 43.2. The lowest BCUT2D eigenvalue weighted by Gasteiger charge is -2.28. The SMILES string of the molecule is CCCCCCCCCCCCCCCCCCOB1OB(OCCCCCCCCCCCCCCCCCC)OB(OCCCCCCCCCCCCCCCCCC)O1. The molecule has 0 aliphatic carbocycles. The Morgan fingerprint density at radius 3 is 0.460 bits per heavy atom. The van der Waals surface area contributed by atoms with Gasteiger partial charge in [-0.1, -0.05) is 310 Å². The van der Waals surface area contributed by atoms with Crippen molar-refractivity contribution < 1.29 is 27.7 Å². The Balaban J connectivity index is 2.18. The molecule has 1 aliphatic heterocycles. The minimum Gasteiger partial charge on any atom is -0.400 e. The van der Waals surface area contributed by atoms with Crippen molar-refractivity contribution in [2.75, 3.05) is 19.8 Å². The maximum absolute atomic E-state index is 6.05. The third-order valence-electron chi connectivity index (χ3n) is 13.4. The van der Waals surface area contributed by atoms with Gasteiger partial charge in [0.15, 0.2) is 0 Å². The average Bonchev–Trinajstić information content (AvgIpc) is 3.29. The first-order chi connectivity index (χ1) is 31.3. The van der Waals surface area contributed by atoms with E-state index in [1.807, 2.05) is 0 Å². The molecule has 6 nitrogen and oxygen atoms in total. The first-order valence-corrected chi connectivity index (χ1v) is 29.1. The van der Waals surface area contributed by atoms with Gasteiger partial charge in [0.25, 0.3) is 0 Å². The minimum absolute atomic E-state index is 0.612. The summed E-state index contributed by atoms with van der Waals surface area (Å²) in [5.41, 5.74) is 0. The van der Waals surface area contributed by atoms with Gasteiger partial charge < -0.3 is 27.7 Å². The highest BCUT2D eigenvalue weighted by Crippen LogP contribution is 2.19. The van der Waals surface area contributed by atoms with E-state index in [9.17, 15) is 0 Å². The van der Waals surface area contributed by atoms with Crippen LogP contribution in [0.2, 0.25) is 0 Å². The van der Waals surface area contributed by atoms with Crippen LogP contribution in [-0.4, -0.2) is 41.8 Å². The van der Waals surface area contributed by atoms with Crippen molar-refractivity contribution in [1.82, 2.24) is 0 Å². The van der Waals surface area contributed by atoms with Crippen molar-refractivity contribution in [3.8, 4) is 0 Å². The maximum atomic E-state index is 6.05. The van der Waals surface area contributed by atoms with Gasteiger partial charge in [0.05, 0.1) is 0 Å². The largest absolute Gasteiger partial charge is 0.615 e. The number of hydrogen-bond donors (Lipinski definition) is 0. The molecule has 1 saturated heterocycles. The van der Waals surface area contributed by atoms with Crippen molar-refractivity contribution in [2.45, 2.75) is 329 Å².